The molecule has 16 heteroatoms. The molecule has 0 heterocycles. The average molecular weight is 532 g/mol. The molecule has 5 unspecified atom stereocenters. The molecule has 0 aromatic carbocycles. The van der Waals surface area contributed by atoms with Crippen molar-refractivity contribution in [2.75, 3.05) is 13.1 Å². The van der Waals surface area contributed by atoms with E-state index in [4.69, 9.17) is 28.7 Å². The molecule has 4 amide bonds. The summed E-state index contributed by atoms with van der Waals surface area (Å²) in [4.78, 5) is 64.4. The van der Waals surface area contributed by atoms with Crippen molar-refractivity contribution in [3.8, 4) is 0 Å². The van der Waals surface area contributed by atoms with Gasteiger partial charge in [0.2, 0.25) is 23.6 Å². The molecule has 0 aliphatic rings. The molecule has 15 N–H and O–H groups in total. The van der Waals surface area contributed by atoms with Crippen molar-refractivity contribution in [1.29, 1.82) is 0 Å². The van der Waals surface area contributed by atoms with Gasteiger partial charge in [0.1, 0.15) is 18.1 Å². The van der Waals surface area contributed by atoms with E-state index in [0.29, 0.717) is 19.4 Å². The number of rotatable bonds is 19. The summed E-state index contributed by atoms with van der Waals surface area (Å²) >= 11 is 0. The van der Waals surface area contributed by atoms with Crippen molar-refractivity contribution in [2.45, 2.75) is 82.1 Å². The largest absolute Gasteiger partial charge is 0.480 e. The Balaban J connectivity index is 5.41. The van der Waals surface area contributed by atoms with E-state index in [0.717, 1.165) is 0 Å². The molecule has 0 aliphatic carbocycles. The number of aliphatic hydroxyl groups is 1. The first-order valence-corrected chi connectivity index (χ1v) is 11.9. The Morgan fingerprint density at radius 1 is 0.838 bits per heavy atom. The van der Waals surface area contributed by atoms with Gasteiger partial charge in [-0.1, -0.05) is 0 Å². The number of guanidine groups is 1. The van der Waals surface area contributed by atoms with E-state index < -0.39 is 59.9 Å². The molecule has 0 aliphatic heterocycles. The Labute approximate surface area is 215 Å². The number of carboxylic acids is 1. The second-order valence-electron chi connectivity index (χ2n) is 8.53. The third-order valence-electron chi connectivity index (χ3n) is 5.24. The molecule has 0 rings (SSSR count). The Hall–Kier alpha value is -3.50. The van der Waals surface area contributed by atoms with Gasteiger partial charge >= 0.3 is 5.97 Å². The number of nitrogens with two attached hydrogens (primary N) is 5. The Kier molecular flexibility index (Phi) is 16.2. The minimum atomic E-state index is -1.48. The average Bonchev–Trinajstić information content (AvgIpc) is 2.81. The van der Waals surface area contributed by atoms with Crippen LogP contribution in [-0.2, 0) is 24.0 Å². The molecule has 37 heavy (non-hydrogen) atoms. The topological polar surface area (TPSA) is 304 Å². The maximum absolute atomic E-state index is 12.9. The molecule has 212 valence electrons. The molecule has 0 fully saturated rings. The first kappa shape index (κ1) is 33.5. The lowest BCUT2D eigenvalue weighted by molar-refractivity contribution is -0.142. The fraction of sp³-hybridized carbons (Fsp3) is 0.714. The van der Waals surface area contributed by atoms with Crippen molar-refractivity contribution in [1.82, 2.24) is 16.0 Å². The van der Waals surface area contributed by atoms with E-state index in [9.17, 15) is 34.2 Å². The van der Waals surface area contributed by atoms with Gasteiger partial charge < -0.3 is 54.8 Å². The van der Waals surface area contributed by atoms with Crippen molar-refractivity contribution in [2.24, 2.45) is 33.7 Å². The van der Waals surface area contributed by atoms with Gasteiger partial charge in [0.05, 0.1) is 12.1 Å². The Bertz CT molecular complexity index is 803. The van der Waals surface area contributed by atoms with Gasteiger partial charge in [-0.15, -0.1) is 0 Å². The molecule has 0 aromatic rings. The van der Waals surface area contributed by atoms with E-state index >= 15 is 0 Å². The summed E-state index contributed by atoms with van der Waals surface area (Å²) in [6.07, 6.45) is -0.218. The van der Waals surface area contributed by atoms with Crippen LogP contribution < -0.4 is 44.6 Å². The van der Waals surface area contributed by atoms with Gasteiger partial charge in [0.15, 0.2) is 5.96 Å². The normalized spacial score (nSPS) is 14.8. The summed E-state index contributed by atoms with van der Waals surface area (Å²) in [5, 5.41) is 26.7. The zero-order valence-electron chi connectivity index (χ0n) is 21.0. The van der Waals surface area contributed by atoms with Crippen molar-refractivity contribution in [3.63, 3.8) is 0 Å². The number of aliphatic imine (C=N–C) groups is 1. The number of carbonyl (C=O) groups excluding carboxylic acids is 4. The number of hydrogen-bond donors (Lipinski definition) is 10. The number of nitrogens with zero attached hydrogens (tertiary/aromatic N) is 1. The maximum atomic E-state index is 12.9. The van der Waals surface area contributed by atoms with Crippen molar-refractivity contribution in [3.05, 3.63) is 0 Å². The number of carboxylic acid groups (broad SMARTS) is 1. The molecule has 0 aromatic heterocycles. The SMILES string of the molecule is CC(O)C(NC(=O)C(N)CCC(N)=O)C(=O)NC(CCCCN)C(=O)NC(CCCN=C(N)N)C(=O)O. The number of hydrogen-bond acceptors (Lipinski definition) is 9. The van der Waals surface area contributed by atoms with Gasteiger partial charge in [0.25, 0.3) is 0 Å². The van der Waals surface area contributed by atoms with Crippen LogP contribution in [0.2, 0.25) is 0 Å². The zero-order chi connectivity index (χ0) is 28.5. The molecular formula is C21H41N9O7. The third-order valence-corrected chi connectivity index (χ3v) is 5.24. The summed E-state index contributed by atoms with van der Waals surface area (Å²) in [5.41, 5.74) is 26.7. The maximum Gasteiger partial charge on any atom is 0.326 e. The molecule has 5 atom stereocenters. The van der Waals surface area contributed by atoms with Crippen LogP contribution >= 0.6 is 0 Å². The smallest absolute Gasteiger partial charge is 0.326 e. The fourth-order valence-electron chi connectivity index (χ4n) is 3.15. The van der Waals surface area contributed by atoms with Crippen molar-refractivity contribution >= 4 is 35.6 Å². The predicted octanol–water partition coefficient (Wildman–Crippen LogP) is -4.32. The van der Waals surface area contributed by atoms with Crippen LogP contribution in [0.1, 0.15) is 51.9 Å². The first-order chi connectivity index (χ1) is 17.3. The van der Waals surface area contributed by atoms with E-state index in [1.807, 2.05) is 0 Å². The van der Waals surface area contributed by atoms with Crippen LogP contribution in [0.15, 0.2) is 4.99 Å². The van der Waals surface area contributed by atoms with Gasteiger partial charge in [-0.25, -0.2) is 4.79 Å². The lowest BCUT2D eigenvalue weighted by atomic mass is 10.0. The molecule has 0 saturated heterocycles. The van der Waals surface area contributed by atoms with E-state index in [1.54, 1.807) is 0 Å². The molecule has 0 bridgehead atoms. The molecular weight excluding hydrogens is 490 g/mol. The van der Waals surface area contributed by atoms with Gasteiger partial charge in [-0.2, -0.15) is 0 Å². The van der Waals surface area contributed by atoms with Crippen LogP contribution in [-0.4, -0.2) is 89.1 Å². The Morgan fingerprint density at radius 3 is 1.95 bits per heavy atom. The van der Waals surface area contributed by atoms with Crippen LogP contribution in [0, 0.1) is 0 Å². The molecule has 0 radical (unpaired) electrons. The van der Waals surface area contributed by atoms with Gasteiger partial charge in [0, 0.05) is 13.0 Å². The quantitative estimate of drug-likeness (QED) is 0.0431. The van der Waals surface area contributed by atoms with Gasteiger partial charge in [-0.3, -0.25) is 24.2 Å². The Morgan fingerprint density at radius 2 is 1.43 bits per heavy atom. The second kappa shape index (κ2) is 17.9. The summed E-state index contributed by atoms with van der Waals surface area (Å²) in [5.74, 6) is -4.56. The number of nitrogens with one attached hydrogen (secondary N) is 3. The van der Waals surface area contributed by atoms with E-state index in [2.05, 4.69) is 20.9 Å². The van der Waals surface area contributed by atoms with Crippen LogP contribution in [0.5, 0.6) is 0 Å². The standard InChI is InChI=1S/C21H41N9O7/c1-11(31)16(30-17(33)12(23)7-8-15(24)32)19(35)28-13(5-2-3-9-22)18(34)29-14(20(36)37)6-4-10-27-21(25)26/h11-14,16,31H,2-10,22-23H2,1H3,(H2,24,32)(H,28,35)(H,29,34)(H,30,33)(H,36,37)(H4,25,26,27). The highest BCUT2D eigenvalue weighted by molar-refractivity contribution is 5.94. The highest BCUT2D eigenvalue weighted by atomic mass is 16.4. The van der Waals surface area contributed by atoms with Crippen LogP contribution in [0.25, 0.3) is 0 Å². The summed E-state index contributed by atoms with van der Waals surface area (Å²) in [6.45, 7) is 1.75. The van der Waals surface area contributed by atoms with Crippen LogP contribution in [0.3, 0.4) is 0 Å². The number of amides is 4. The van der Waals surface area contributed by atoms with Crippen LogP contribution in [0.4, 0.5) is 0 Å². The lowest BCUT2D eigenvalue weighted by Crippen LogP contribution is -2.59. The fourth-order valence-corrected chi connectivity index (χ4v) is 3.15. The molecule has 0 saturated carbocycles. The molecule has 0 spiro atoms. The number of carbonyl (C=O) groups is 5. The predicted molar refractivity (Wildman–Crippen MR) is 134 cm³/mol. The third kappa shape index (κ3) is 14.6. The lowest BCUT2D eigenvalue weighted by Gasteiger charge is -2.26. The number of primary amides is 1. The first-order valence-electron chi connectivity index (χ1n) is 11.9. The second-order valence-corrected chi connectivity index (χ2v) is 8.53. The highest BCUT2D eigenvalue weighted by Crippen LogP contribution is 2.06. The summed E-state index contributed by atoms with van der Waals surface area (Å²) in [6, 6.07) is -5.10. The summed E-state index contributed by atoms with van der Waals surface area (Å²) < 4.78 is 0. The number of aliphatic hydroxyl groups excluding tert-OH is 1. The summed E-state index contributed by atoms with van der Waals surface area (Å²) in [7, 11) is 0. The van der Waals surface area contributed by atoms with E-state index in [1.165, 1.54) is 6.92 Å². The minimum Gasteiger partial charge on any atom is -0.480 e. The number of aliphatic carboxylic acids is 1. The van der Waals surface area contributed by atoms with Crippen molar-refractivity contribution < 1.29 is 34.2 Å². The monoisotopic (exact) mass is 531 g/mol. The number of unbranched alkanes of at least 4 members (excludes halogenated alkanes) is 1. The highest BCUT2D eigenvalue weighted by Gasteiger charge is 2.32. The zero-order valence-corrected chi connectivity index (χ0v) is 21.0. The molecule has 16 nitrogen and oxygen atoms in total. The van der Waals surface area contributed by atoms with E-state index in [-0.39, 0.29) is 44.6 Å². The van der Waals surface area contributed by atoms with Gasteiger partial charge in [-0.05, 0) is 52.0 Å². The minimum absolute atomic E-state index is 0.0247.